The Morgan fingerprint density at radius 2 is 1.92 bits per heavy atom. The van der Waals surface area contributed by atoms with E-state index in [0.717, 1.165) is 6.07 Å². The topological polar surface area (TPSA) is 76.4 Å². The van der Waals surface area contributed by atoms with Crippen molar-refractivity contribution < 1.29 is 22.0 Å². The summed E-state index contributed by atoms with van der Waals surface area (Å²) in [5, 5.41) is 0.491. The Bertz CT molecular complexity index is 1020. The maximum absolute atomic E-state index is 13.2. The van der Waals surface area contributed by atoms with E-state index in [1.807, 2.05) is 0 Å². The lowest BCUT2D eigenvalue weighted by atomic mass is 10.2. The van der Waals surface area contributed by atoms with Gasteiger partial charge in [-0.05, 0) is 29.8 Å². The number of sulfonamides is 1. The molecule has 0 spiro atoms. The Hall–Kier alpha value is -2.67. The lowest BCUT2D eigenvalue weighted by Gasteiger charge is -2.08. The van der Waals surface area contributed by atoms with E-state index < -0.39 is 27.4 Å². The van der Waals surface area contributed by atoms with Crippen LogP contribution in [-0.4, -0.2) is 14.2 Å². The van der Waals surface area contributed by atoms with Crippen molar-refractivity contribution in [1.82, 2.24) is 0 Å². The first-order valence-electron chi connectivity index (χ1n) is 7.13. The van der Waals surface area contributed by atoms with Crippen LogP contribution in [0.2, 0.25) is 0 Å². The molecule has 0 saturated heterocycles. The first kappa shape index (κ1) is 16.2. The minimum Gasteiger partial charge on any atom is -0.451 e. The molecule has 2 aromatic carbocycles. The van der Waals surface area contributed by atoms with Crippen LogP contribution in [0, 0.1) is 5.82 Å². The highest BCUT2D eigenvalue weighted by Gasteiger charge is 2.22. The van der Waals surface area contributed by atoms with E-state index in [4.69, 9.17) is 4.42 Å². The summed E-state index contributed by atoms with van der Waals surface area (Å²) < 4.78 is 45.9. The Morgan fingerprint density at radius 1 is 1.17 bits per heavy atom. The van der Waals surface area contributed by atoms with E-state index in [1.54, 1.807) is 24.3 Å². The zero-order valence-electron chi connectivity index (χ0n) is 12.7. The van der Waals surface area contributed by atoms with E-state index in [-0.39, 0.29) is 11.4 Å². The smallest absolute Gasteiger partial charge is 0.237 e. The fourth-order valence-electron chi connectivity index (χ4n) is 2.43. The third-order valence-corrected chi connectivity index (χ3v) is 4.65. The van der Waals surface area contributed by atoms with Gasteiger partial charge in [-0.15, -0.1) is 0 Å². The summed E-state index contributed by atoms with van der Waals surface area (Å²) in [5.41, 5.74) is 0.820. The number of ketones is 1. The van der Waals surface area contributed by atoms with Crippen molar-refractivity contribution >= 4 is 32.5 Å². The monoisotopic (exact) mass is 347 g/mol. The Labute approximate surface area is 138 Å². The molecule has 1 heterocycles. The fraction of sp³-hybridized carbons (Fsp3) is 0.118. The molecule has 24 heavy (non-hydrogen) atoms. The SMILES string of the molecule is CC(=O)c1oc2ccccc2c1NS(=O)(=O)Cc1cccc(F)c1. The molecule has 3 rings (SSSR count). The van der Waals surface area contributed by atoms with Crippen LogP contribution in [0.25, 0.3) is 11.0 Å². The van der Waals surface area contributed by atoms with E-state index >= 15 is 0 Å². The summed E-state index contributed by atoms with van der Waals surface area (Å²) in [6, 6.07) is 12.1. The zero-order chi connectivity index (χ0) is 17.3. The van der Waals surface area contributed by atoms with E-state index in [0.29, 0.717) is 16.5 Å². The number of hydrogen-bond donors (Lipinski definition) is 1. The lowest BCUT2D eigenvalue weighted by Crippen LogP contribution is -2.16. The van der Waals surface area contributed by atoms with Gasteiger partial charge >= 0.3 is 0 Å². The molecule has 0 saturated carbocycles. The number of fused-ring (bicyclic) bond motifs is 1. The maximum atomic E-state index is 13.2. The Morgan fingerprint density at radius 3 is 2.62 bits per heavy atom. The van der Waals surface area contributed by atoms with Crippen LogP contribution >= 0.6 is 0 Å². The van der Waals surface area contributed by atoms with Crippen molar-refractivity contribution in [2.45, 2.75) is 12.7 Å². The third-order valence-electron chi connectivity index (χ3n) is 3.42. The van der Waals surface area contributed by atoms with Crippen molar-refractivity contribution in [1.29, 1.82) is 0 Å². The average molecular weight is 347 g/mol. The molecule has 1 N–H and O–H groups in total. The number of hydrogen-bond acceptors (Lipinski definition) is 4. The quantitative estimate of drug-likeness (QED) is 0.714. The third kappa shape index (κ3) is 3.30. The highest BCUT2D eigenvalue weighted by Crippen LogP contribution is 2.32. The van der Waals surface area contributed by atoms with Crippen molar-refractivity contribution in [3.8, 4) is 0 Å². The summed E-state index contributed by atoms with van der Waals surface area (Å²) in [5.74, 6) is -1.38. The van der Waals surface area contributed by atoms with E-state index in [9.17, 15) is 17.6 Å². The molecule has 0 amide bonds. The van der Waals surface area contributed by atoms with Gasteiger partial charge in [0.05, 0.1) is 5.75 Å². The average Bonchev–Trinajstić information content (AvgIpc) is 2.85. The minimum absolute atomic E-state index is 0.0565. The standard InChI is InChI=1S/C17H14FNO4S/c1-11(20)17-16(14-7-2-3-8-15(14)23-17)19-24(21,22)10-12-5-4-6-13(18)9-12/h2-9,19H,10H2,1H3. The molecule has 5 nitrogen and oxygen atoms in total. The highest BCUT2D eigenvalue weighted by atomic mass is 32.2. The number of benzene rings is 2. The number of carbonyl (C=O) groups is 1. The van der Waals surface area contributed by atoms with Crippen molar-refractivity contribution in [3.05, 3.63) is 65.7 Å². The first-order valence-corrected chi connectivity index (χ1v) is 8.78. The van der Waals surface area contributed by atoms with E-state index in [2.05, 4.69) is 4.72 Å². The number of para-hydroxylation sites is 1. The number of carbonyl (C=O) groups excluding carboxylic acids is 1. The molecular weight excluding hydrogens is 333 g/mol. The molecule has 0 unspecified atom stereocenters. The predicted molar refractivity (Wildman–Crippen MR) is 88.9 cm³/mol. The molecule has 0 radical (unpaired) electrons. The highest BCUT2D eigenvalue weighted by molar-refractivity contribution is 7.91. The van der Waals surface area contributed by atoms with Gasteiger partial charge in [0, 0.05) is 12.3 Å². The molecular formula is C17H14FNO4S. The van der Waals surface area contributed by atoms with Crippen LogP contribution in [0.4, 0.5) is 10.1 Å². The molecule has 1 aromatic heterocycles. The van der Waals surface area contributed by atoms with Crippen LogP contribution < -0.4 is 4.72 Å². The van der Waals surface area contributed by atoms with E-state index in [1.165, 1.54) is 25.1 Å². The largest absolute Gasteiger partial charge is 0.451 e. The van der Waals surface area contributed by atoms with Crippen LogP contribution in [-0.2, 0) is 15.8 Å². The molecule has 0 aliphatic rings. The summed E-state index contributed by atoms with van der Waals surface area (Å²) >= 11 is 0. The van der Waals surface area contributed by atoms with Crippen molar-refractivity contribution in [2.24, 2.45) is 0 Å². The van der Waals surface area contributed by atoms with Gasteiger partial charge in [0.1, 0.15) is 17.1 Å². The lowest BCUT2D eigenvalue weighted by molar-refractivity contribution is 0.0990. The summed E-state index contributed by atoms with van der Waals surface area (Å²) in [6.07, 6.45) is 0. The number of rotatable bonds is 5. The molecule has 0 fully saturated rings. The Balaban J connectivity index is 1.99. The van der Waals surface area contributed by atoms with Gasteiger partial charge < -0.3 is 4.42 Å². The molecule has 0 aliphatic heterocycles. The second-order valence-corrected chi connectivity index (χ2v) is 7.07. The predicted octanol–water partition coefficient (Wildman–Crippen LogP) is 3.72. The number of halogens is 1. The number of furan rings is 1. The van der Waals surface area contributed by atoms with Crippen LogP contribution in [0.5, 0.6) is 0 Å². The van der Waals surface area contributed by atoms with Crippen molar-refractivity contribution in [3.63, 3.8) is 0 Å². The summed E-state index contributed by atoms with van der Waals surface area (Å²) in [7, 11) is -3.85. The molecule has 124 valence electrons. The van der Waals surface area contributed by atoms with Crippen molar-refractivity contribution in [2.75, 3.05) is 4.72 Å². The minimum atomic E-state index is -3.85. The number of Topliss-reactive ketones (excluding diaryl/α,β-unsaturated/α-hetero) is 1. The van der Waals surface area contributed by atoms with Gasteiger partial charge in [-0.3, -0.25) is 9.52 Å². The summed E-state index contributed by atoms with van der Waals surface area (Å²) in [6.45, 7) is 1.29. The number of nitrogens with one attached hydrogen (secondary N) is 1. The van der Waals surface area contributed by atoms with Crippen LogP contribution in [0.3, 0.4) is 0 Å². The van der Waals surface area contributed by atoms with Gasteiger partial charge in [0.2, 0.25) is 10.0 Å². The fourth-order valence-corrected chi connectivity index (χ4v) is 3.64. The molecule has 3 aromatic rings. The molecule has 0 aliphatic carbocycles. The maximum Gasteiger partial charge on any atom is 0.237 e. The number of anilines is 1. The summed E-state index contributed by atoms with van der Waals surface area (Å²) in [4.78, 5) is 11.7. The van der Waals surface area contributed by atoms with Gasteiger partial charge in [0.15, 0.2) is 11.5 Å². The second kappa shape index (κ2) is 6.09. The first-order chi connectivity index (χ1) is 11.4. The molecule has 0 bridgehead atoms. The second-order valence-electron chi connectivity index (χ2n) is 5.35. The van der Waals surface area contributed by atoms with Crippen LogP contribution in [0.15, 0.2) is 52.9 Å². The van der Waals surface area contributed by atoms with Crippen LogP contribution in [0.1, 0.15) is 23.0 Å². The molecule has 0 atom stereocenters. The molecule has 7 heteroatoms. The van der Waals surface area contributed by atoms with Gasteiger partial charge in [0.25, 0.3) is 0 Å². The van der Waals surface area contributed by atoms with Gasteiger partial charge in [-0.25, -0.2) is 12.8 Å². The Kier molecular flexibility index (Phi) is 4.11. The van der Waals surface area contributed by atoms with Gasteiger partial charge in [-0.2, -0.15) is 0 Å². The zero-order valence-corrected chi connectivity index (χ0v) is 13.6. The van der Waals surface area contributed by atoms with Gasteiger partial charge in [-0.1, -0.05) is 24.3 Å². The normalized spacial score (nSPS) is 11.6.